The van der Waals surface area contributed by atoms with Crippen molar-refractivity contribution in [3.8, 4) is 5.75 Å². The minimum absolute atomic E-state index is 0.000798. The zero-order valence-electron chi connectivity index (χ0n) is 18.5. The number of aromatic amines is 1. The van der Waals surface area contributed by atoms with E-state index in [0.717, 1.165) is 31.4 Å². The van der Waals surface area contributed by atoms with Crippen molar-refractivity contribution in [2.45, 2.75) is 63.9 Å². The molecule has 34 heavy (non-hydrogen) atoms. The van der Waals surface area contributed by atoms with E-state index < -0.39 is 35.4 Å². The summed E-state index contributed by atoms with van der Waals surface area (Å²) in [6.07, 6.45) is -2.28. The number of ether oxygens (including phenoxy) is 1. The molecule has 2 aliphatic heterocycles. The molecule has 1 aromatic carbocycles. The number of H-pyrrole nitrogens is 1. The van der Waals surface area contributed by atoms with Gasteiger partial charge < -0.3 is 20.3 Å². The van der Waals surface area contributed by atoms with E-state index in [1.54, 1.807) is 0 Å². The highest BCUT2D eigenvalue weighted by molar-refractivity contribution is 6.04. The predicted molar refractivity (Wildman–Crippen MR) is 118 cm³/mol. The summed E-state index contributed by atoms with van der Waals surface area (Å²) < 4.78 is 41.3. The molecule has 0 bridgehead atoms. The van der Waals surface area contributed by atoms with Crippen molar-refractivity contribution in [3.63, 3.8) is 0 Å². The molecule has 0 spiro atoms. The van der Waals surface area contributed by atoms with E-state index >= 15 is 0 Å². The van der Waals surface area contributed by atoms with Crippen LogP contribution in [0, 0.1) is 0 Å². The minimum atomic E-state index is -4.89. The summed E-state index contributed by atoms with van der Waals surface area (Å²) in [7, 11) is 0. The van der Waals surface area contributed by atoms with E-state index in [2.05, 4.69) is 25.3 Å². The van der Waals surface area contributed by atoms with Gasteiger partial charge in [0.1, 0.15) is 11.6 Å². The molecule has 0 unspecified atom stereocenters. The fraction of sp³-hybridized carbons (Fsp3) is 0.455. The number of halogens is 3. The molecule has 1 aromatic heterocycles. The number of alkyl halides is 3. The van der Waals surface area contributed by atoms with Crippen molar-refractivity contribution >= 4 is 29.3 Å². The normalized spacial score (nSPS) is 22.6. The fourth-order valence-corrected chi connectivity index (χ4v) is 4.54. The molecule has 2 amide bonds. The molecule has 12 heteroatoms. The van der Waals surface area contributed by atoms with Gasteiger partial charge in [-0.25, -0.2) is 0 Å². The summed E-state index contributed by atoms with van der Waals surface area (Å²) in [6.45, 7) is 4.06. The molecule has 3 atom stereocenters. The Balaban J connectivity index is 1.62. The number of hydrogen-bond donors (Lipinski definition) is 3. The molecule has 1 saturated heterocycles. The summed E-state index contributed by atoms with van der Waals surface area (Å²) in [5, 5.41) is 5.03. The van der Waals surface area contributed by atoms with Gasteiger partial charge in [-0.05, 0) is 45.2 Å². The van der Waals surface area contributed by atoms with Crippen LogP contribution in [0.4, 0.5) is 30.6 Å². The highest BCUT2D eigenvalue weighted by Crippen LogP contribution is 2.33. The molecule has 0 radical (unpaired) electrons. The van der Waals surface area contributed by atoms with Crippen molar-refractivity contribution in [1.29, 1.82) is 0 Å². The van der Waals surface area contributed by atoms with Gasteiger partial charge in [0, 0.05) is 30.3 Å². The molecule has 1 fully saturated rings. The number of fused-ring (bicyclic) bond motifs is 1. The van der Waals surface area contributed by atoms with Gasteiger partial charge >= 0.3 is 6.36 Å². The van der Waals surface area contributed by atoms with Crippen LogP contribution >= 0.6 is 0 Å². The van der Waals surface area contributed by atoms with E-state index in [-0.39, 0.29) is 35.6 Å². The molecule has 3 heterocycles. The highest BCUT2D eigenvalue weighted by atomic mass is 19.4. The number of carbonyl (C=O) groups excluding carboxylic acids is 2. The monoisotopic (exact) mass is 479 g/mol. The average molecular weight is 479 g/mol. The van der Waals surface area contributed by atoms with Crippen molar-refractivity contribution in [3.05, 3.63) is 40.2 Å². The van der Waals surface area contributed by atoms with Gasteiger partial charge in [-0.3, -0.25) is 19.4 Å². The molecule has 0 saturated carbocycles. The number of benzene rings is 1. The van der Waals surface area contributed by atoms with E-state index in [1.165, 1.54) is 12.1 Å². The van der Waals surface area contributed by atoms with Crippen LogP contribution in [0.5, 0.6) is 5.75 Å². The number of carbonyl (C=O) groups is 2. The molecule has 3 N–H and O–H groups in total. The summed E-state index contributed by atoms with van der Waals surface area (Å²) in [6, 6.07) is 5.00. The Kier molecular flexibility index (Phi) is 6.24. The lowest BCUT2D eigenvalue weighted by Gasteiger charge is -2.39. The lowest BCUT2D eigenvalue weighted by Crippen LogP contribution is -2.46. The predicted octanol–water partition coefficient (Wildman–Crippen LogP) is 3.50. The summed E-state index contributed by atoms with van der Waals surface area (Å²) >= 11 is 0. The summed E-state index contributed by atoms with van der Waals surface area (Å²) in [4.78, 5) is 47.5. The Bertz CT molecular complexity index is 1160. The minimum Gasteiger partial charge on any atom is -0.406 e. The molecule has 2 aromatic rings. The van der Waals surface area contributed by atoms with Crippen LogP contribution in [0.15, 0.2) is 29.1 Å². The maximum atomic E-state index is 13.0. The second-order valence-electron chi connectivity index (χ2n) is 8.56. The second kappa shape index (κ2) is 8.99. The average Bonchev–Trinajstić information content (AvgIpc) is 2.71. The van der Waals surface area contributed by atoms with Crippen molar-refractivity contribution in [2.24, 2.45) is 0 Å². The standard InChI is InChI=1S/C22H24F3N5O4/c1-11-5-3-6-12(2)30(11)21-28-18-17(20(33)29-21)15(10-16(31)27-18)19(32)26-13-7-4-8-14(9-13)34-22(23,24)25/h4,7-9,11-12,15H,3,5-6,10H2,1-2H3,(H,26,32)(H2,27,28,29,31,33)/t11-,12+,15-/m1/s1. The quantitative estimate of drug-likeness (QED) is 0.618. The summed E-state index contributed by atoms with van der Waals surface area (Å²) in [5.41, 5.74) is -0.531. The van der Waals surface area contributed by atoms with Gasteiger partial charge in [-0.15, -0.1) is 13.2 Å². The van der Waals surface area contributed by atoms with E-state index in [1.807, 2.05) is 18.7 Å². The molecule has 182 valence electrons. The number of anilines is 3. The van der Waals surface area contributed by atoms with Crippen LogP contribution in [0.1, 0.15) is 51.0 Å². The van der Waals surface area contributed by atoms with Crippen molar-refractivity contribution < 1.29 is 27.5 Å². The first-order valence-corrected chi connectivity index (χ1v) is 10.9. The third-order valence-corrected chi connectivity index (χ3v) is 6.03. The SMILES string of the molecule is C[C@@H]1CCC[C@H](C)N1c1nc2c(c(=O)[nH]1)[C@H](C(=O)Nc1cccc(OC(F)(F)F)c1)CC(=O)N2. The number of nitrogens with one attached hydrogen (secondary N) is 3. The first-order chi connectivity index (χ1) is 16.0. The number of amides is 2. The molecular weight excluding hydrogens is 455 g/mol. The van der Waals surface area contributed by atoms with Crippen LogP contribution in [0.25, 0.3) is 0 Å². The van der Waals surface area contributed by atoms with Crippen LogP contribution < -0.4 is 25.8 Å². The molecule has 2 aliphatic rings. The Hall–Kier alpha value is -3.57. The van der Waals surface area contributed by atoms with E-state index in [9.17, 15) is 27.6 Å². The first kappa shape index (κ1) is 23.6. The van der Waals surface area contributed by atoms with Crippen molar-refractivity contribution in [1.82, 2.24) is 9.97 Å². The summed E-state index contributed by atoms with van der Waals surface area (Å²) in [5.74, 6) is -2.57. The van der Waals surface area contributed by atoms with Crippen molar-refractivity contribution in [2.75, 3.05) is 15.5 Å². The van der Waals surface area contributed by atoms with Gasteiger partial charge in [0.15, 0.2) is 0 Å². The molecule has 0 aliphatic carbocycles. The maximum Gasteiger partial charge on any atom is 0.573 e. The zero-order chi connectivity index (χ0) is 24.6. The Labute approximate surface area is 192 Å². The fourth-order valence-electron chi connectivity index (χ4n) is 4.54. The number of nitrogens with zero attached hydrogens (tertiary/aromatic N) is 2. The van der Waals surface area contributed by atoms with Gasteiger partial charge in [0.2, 0.25) is 17.8 Å². The largest absolute Gasteiger partial charge is 0.573 e. The Morgan fingerprint density at radius 1 is 1.21 bits per heavy atom. The Morgan fingerprint density at radius 3 is 2.59 bits per heavy atom. The van der Waals surface area contributed by atoms with Gasteiger partial charge in [-0.1, -0.05) is 6.07 Å². The van der Waals surface area contributed by atoms with Gasteiger partial charge in [-0.2, -0.15) is 4.98 Å². The number of rotatable bonds is 4. The topological polar surface area (TPSA) is 116 Å². The maximum absolute atomic E-state index is 13.0. The van der Waals surface area contributed by atoms with E-state index in [0.29, 0.717) is 5.95 Å². The third-order valence-electron chi connectivity index (χ3n) is 6.03. The smallest absolute Gasteiger partial charge is 0.406 e. The molecule has 4 rings (SSSR count). The second-order valence-corrected chi connectivity index (χ2v) is 8.56. The number of aromatic nitrogens is 2. The lowest BCUT2D eigenvalue weighted by molar-refractivity contribution is -0.274. The first-order valence-electron chi connectivity index (χ1n) is 10.9. The van der Waals surface area contributed by atoms with Crippen LogP contribution in [0.2, 0.25) is 0 Å². The Morgan fingerprint density at radius 2 is 1.91 bits per heavy atom. The molecular formula is C22H24F3N5O4. The van der Waals surface area contributed by atoms with Gasteiger partial charge in [0.25, 0.3) is 5.56 Å². The van der Waals surface area contributed by atoms with E-state index in [4.69, 9.17) is 0 Å². The lowest BCUT2D eigenvalue weighted by atomic mass is 9.92. The number of hydrogen-bond acceptors (Lipinski definition) is 6. The highest BCUT2D eigenvalue weighted by Gasteiger charge is 2.36. The third kappa shape index (κ3) is 5.00. The number of piperidine rings is 1. The zero-order valence-corrected chi connectivity index (χ0v) is 18.5. The molecule has 9 nitrogen and oxygen atoms in total. The van der Waals surface area contributed by atoms with Crippen LogP contribution in [-0.4, -0.2) is 40.2 Å². The van der Waals surface area contributed by atoms with Crippen LogP contribution in [-0.2, 0) is 9.59 Å². The van der Waals surface area contributed by atoms with Crippen LogP contribution in [0.3, 0.4) is 0 Å². The van der Waals surface area contributed by atoms with Gasteiger partial charge in [0.05, 0.1) is 11.5 Å².